The first kappa shape index (κ1) is 11.0. The molecule has 0 atom stereocenters. The molecule has 0 radical (unpaired) electrons. The van der Waals surface area contributed by atoms with Crippen LogP contribution in [0.2, 0.25) is 0 Å². The summed E-state index contributed by atoms with van der Waals surface area (Å²) in [6.07, 6.45) is 3.06. The smallest absolute Gasteiger partial charge is 0.128 e. The van der Waals surface area contributed by atoms with E-state index in [2.05, 4.69) is 49.8 Å². The molecule has 1 aromatic heterocycles. The van der Waals surface area contributed by atoms with Crippen molar-refractivity contribution in [1.29, 1.82) is 0 Å². The topological polar surface area (TPSA) is 16.1 Å². The Labute approximate surface area is 87.0 Å². The fourth-order valence-electron chi connectivity index (χ4n) is 1.45. The fourth-order valence-corrected chi connectivity index (χ4v) is 1.45. The zero-order chi connectivity index (χ0) is 10.6. The minimum Gasteiger partial charge on any atom is -0.360 e. The Hall–Kier alpha value is -1.05. The summed E-state index contributed by atoms with van der Waals surface area (Å²) in [6, 6.07) is 4.27. The Kier molecular flexibility index (Phi) is 3.93. The molecule has 0 unspecified atom stereocenters. The maximum atomic E-state index is 4.37. The molecule has 0 spiro atoms. The lowest BCUT2D eigenvalue weighted by Crippen LogP contribution is -2.19. The normalized spacial score (nSPS) is 10.6. The van der Waals surface area contributed by atoms with Crippen LogP contribution in [0.5, 0.6) is 0 Å². The van der Waals surface area contributed by atoms with E-state index < -0.39 is 0 Å². The summed E-state index contributed by atoms with van der Waals surface area (Å²) in [5.74, 6) is 1.66. The molecule has 0 amide bonds. The first-order chi connectivity index (χ1) is 6.65. The van der Waals surface area contributed by atoms with Crippen molar-refractivity contribution in [3.63, 3.8) is 0 Å². The van der Waals surface area contributed by atoms with Crippen LogP contribution in [0.1, 0.15) is 38.7 Å². The van der Waals surface area contributed by atoms with Crippen LogP contribution in [0.15, 0.2) is 18.3 Å². The second-order valence-electron chi connectivity index (χ2n) is 4.02. The average molecular weight is 192 g/mol. The predicted molar refractivity (Wildman–Crippen MR) is 61.9 cm³/mol. The molecular formula is C12H20N2. The standard InChI is InChI=1S/C12H20N2/c1-5-8-14(4)12-9-11(10(2)3)6-7-13-12/h6-7,9-10H,5,8H2,1-4H3. The van der Waals surface area contributed by atoms with Crippen molar-refractivity contribution in [2.24, 2.45) is 0 Å². The lowest BCUT2D eigenvalue weighted by atomic mass is 10.1. The van der Waals surface area contributed by atoms with Gasteiger partial charge in [-0.15, -0.1) is 0 Å². The van der Waals surface area contributed by atoms with E-state index in [4.69, 9.17) is 0 Å². The molecule has 2 heteroatoms. The minimum absolute atomic E-state index is 0.576. The van der Waals surface area contributed by atoms with E-state index in [1.807, 2.05) is 6.20 Å². The van der Waals surface area contributed by atoms with Gasteiger partial charge < -0.3 is 4.90 Å². The molecule has 0 N–H and O–H groups in total. The summed E-state index contributed by atoms with van der Waals surface area (Å²) in [5.41, 5.74) is 1.36. The van der Waals surface area contributed by atoms with E-state index >= 15 is 0 Å². The van der Waals surface area contributed by atoms with Gasteiger partial charge in [-0.25, -0.2) is 4.98 Å². The van der Waals surface area contributed by atoms with Gasteiger partial charge in [0.25, 0.3) is 0 Å². The largest absolute Gasteiger partial charge is 0.360 e. The molecule has 14 heavy (non-hydrogen) atoms. The predicted octanol–water partition coefficient (Wildman–Crippen LogP) is 3.05. The van der Waals surface area contributed by atoms with Crippen LogP contribution in [0, 0.1) is 0 Å². The van der Waals surface area contributed by atoms with Crippen LogP contribution in [-0.2, 0) is 0 Å². The van der Waals surface area contributed by atoms with E-state index in [1.165, 1.54) is 5.56 Å². The van der Waals surface area contributed by atoms with Crippen LogP contribution in [0.25, 0.3) is 0 Å². The SMILES string of the molecule is CCCN(C)c1cc(C(C)C)ccn1. The quantitative estimate of drug-likeness (QED) is 0.729. The number of hydrogen-bond acceptors (Lipinski definition) is 2. The van der Waals surface area contributed by atoms with Gasteiger partial charge in [0.15, 0.2) is 0 Å². The zero-order valence-electron chi connectivity index (χ0n) is 9.62. The van der Waals surface area contributed by atoms with Gasteiger partial charge in [0, 0.05) is 19.8 Å². The number of nitrogens with zero attached hydrogens (tertiary/aromatic N) is 2. The van der Waals surface area contributed by atoms with E-state index in [1.54, 1.807) is 0 Å². The Balaban J connectivity index is 2.82. The van der Waals surface area contributed by atoms with E-state index in [0.29, 0.717) is 5.92 Å². The maximum absolute atomic E-state index is 4.37. The third kappa shape index (κ3) is 2.72. The van der Waals surface area contributed by atoms with E-state index in [0.717, 1.165) is 18.8 Å². The first-order valence-corrected chi connectivity index (χ1v) is 5.32. The van der Waals surface area contributed by atoms with Crippen molar-refractivity contribution < 1.29 is 0 Å². The van der Waals surface area contributed by atoms with Crippen LogP contribution < -0.4 is 4.90 Å². The summed E-state index contributed by atoms with van der Waals surface area (Å²) < 4.78 is 0. The summed E-state index contributed by atoms with van der Waals surface area (Å²) in [7, 11) is 2.09. The Morgan fingerprint density at radius 3 is 2.71 bits per heavy atom. The zero-order valence-corrected chi connectivity index (χ0v) is 9.62. The van der Waals surface area contributed by atoms with Gasteiger partial charge in [0.2, 0.25) is 0 Å². The van der Waals surface area contributed by atoms with Crippen molar-refractivity contribution in [2.75, 3.05) is 18.5 Å². The molecule has 0 saturated heterocycles. The molecule has 2 nitrogen and oxygen atoms in total. The highest BCUT2D eigenvalue weighted by Gasteiger charge is 2.04. The highest BCUT2D eigenvalue weighted by Crippen LogP contribution is 2.18. The minimum atomic E-state index is 0.576. The Morgan fingerprint density at radius 1 is 1.43 bits per heavy atom. The summed E-state index contributed by atoms with van der Waals surface area (Å²) in [5, 5.41) is 0. The molecule has 0 saturated carbocycles. The number of hydrogen-bond donors (Lipinski definition) is 0. The van der Waals surface area contributed by atoms with Crippen molar-refractivity contribution in [3.8, 4) is 0 Å². The highest BCUT2D eigenvalue weighted by atomic mass is 15.2. The van der Waals surface area contributed by atoms with Crippen LogP contribution >= 0.6 is 0 Å². The third-order valence-electron chi connectivity index (χ3n) is 2.39. The second kappa shape index (κ2) is 4.99. The summed E-state index contributed by atoms with van der Waals surface area (Å²) >= 11 is 0. The van der Waals surface area contributed by atoms with Gasteiger partial charge in [-0.3, -0.25) is 0 Å². The Bertz CT molecular complexity index is 281. The lowest BCUT2D eigenvalue weighted by Gasteiger charge is -2.18. The van der Waals surface area contributed by atoms with Gasteiger partial charge in [-0.2, -0.15) is 0 Å². The number of anilines is 1. The number of aromatic nitrogens is 1. The van der Waals surface area contributed by atoms with Gasteiger partial charge >= 0.3 is 0 Å². The molecule has 0 fully saturated rings. The molecule has 0 aliphatic carbocycles. The van der Waals surface area contributed by atoms with E-state index in [9.17, 15) is 0 Å². The monoisotopic (exact) mass is 192 g/mol. The molecule has 0 aromatic carbocycles. The molecule has 78 valence electrons. The Morgan fingerprint density at radius 2 is 2.14 bits per heavy atom. The van der Waals surface area contributed by atoms with Gasteiger partial charge in [0.05, 0.1) is 0 Å². The van der Waals surface area contributed by atoms with Crippen molar-refractivity contribution in [1.82, 2.24) is 4.98 Å². The average Bonchev–Trinajstić information content (AvgIpc) is 2.18. The van der Waals surface area contributed by atoms with E-state index in [-0.39, 0.29) is 0 Å². The first-order valence-electron chi connectivity index (χ1n) is 5.32. The van der Waals surface area contributed by atoms with Crippen molar-refractivity contribution in [2.45, 2.75) is 33.1 Å². The van der Waals surface area contributed by atoms with Gasteiger partial charge in [0.1, 0.15) is 5.82 Å². The highest BCUT2D eigenvalue weighted by molar-refractivity contribution is 5.40. The molecule has 1 heterocycles. The molecule has 0 aliphatic heterocycles. The summed E-state index contributed by atoms with van der Waals surface area (Å²) in [4.78, 5) is 6.57. The van der Waals surface area contributed by atoms with Crippen molar-refractivity contribution in [3.05, 3.63) is 23.9 Å². The number of rotatable bonds is 4. The second-order valence-corrected chi connectivity index (χ2v) is 4.02. The number of pyridine rings is 1. The fraction of sp³-hybridized carbons (Fsp3) is 0.583. The molecule has 1 aromatic rings. The molecule has 0 aliphatic rings. The van der Waals surface area contributed by atoms with Crippen LogP contribution in [0.3, 0.4) is 0 Å². The maximum Gasteiger partial charge on any atom is 0.128 e. The molecule has 1 rings (SSSR count). The van der Waals surface area contributed by atoms with Crippen LogP contribution in [-0.4, -0.2) is 18.6 Å². The molecular weight excluding hydrogens is 172 g/mol. The van der Waals surface area contributed by atoms with Gasteiger partial charge in [-0.1, -0.05) is 20.8 Å². The third-order valence-corrected chi connectivity index (χ3v) is 2.39. The summed E-state index contributed by atoms with van der Waals surface area (Å²) in [6.45, 7) is 7.66. The van der Waals surface area contributed by atoms with Gasteiger partial charge in [-0.05, 0) is 30.0 Å². The van der Waals surface area contributed by atoms with Crippen molar-refractivity contribution >= 4 is 5.82 Å². The van der Waals surface area contributed by atoms with Crippen LogP contribution in [0.4, 0.5) is 5.82 Å². The lowest BCUT2D eigenvalue weighted by molar-refractivity contribution is 0.824. The molecule has 0 bridgehead atoms.